The zero-order valence-electron chi connectivity index (χ0n) is 15.8. The lowest BCUT2D eigenvalue weighted by atomic mass is 9.87. The molecule has 2 rings (SSSR count). The minimum absolute atomic E-state index is 0.0973. The standard InChI is InChI=1S/C20H25ClN2O3/c1-20(2,3)13-6-8-14(9-7-13)22-12-19(24)23-16-11-17(25-4)15(21)10-18(16)26-5/h6-11,22H,12H2,1-5H3,(H,23,24). The summed E-state index contributed by atoms with van der Waals surface area (Å²) < 4.78 is 10.4. The molecular weight excluding hydrogens is 352 g/mol. The number of ether oxygens (including phenoxy) is 2. The van der Waals surface area contributed by atoms with Gasteiger partial charge in [0.15, 0.2) is 0 Å². The zero-order valence-corrected chi connectivity index (χ0v) is 16.5. The van der Waals surface area contributed by atoms with E-state index in [1.807, 2.05) is 12.1 Å². The third-order valence-electron chi connectivity index (χ3n) is 3.95. The molecule has 140 valence electrons. The number of hydrogen-bond acceptors (Lipinski definition) is 4. The number of hydrogen-bond donors (Lipinski definition) is 2. The van der Waals surface area contributed by atoms with Gasteiger partial charge in [0.1, 0.15) is 11.5 Å². The zero-order chi connectivity index (χ0) is 19.3. The average molecular weight is 377 g/mol. The number of rotatable bonds is 6. The Labute approximate surface area is 159 Å². The van der Waals surface area contributed by atoms with Crippen molar-refractivity contribution >= 4 is 28.9 Å². The molecule has 0 saturated carbocycles. The van der Waals surface area contributed by atoms with Crippen LogP contribution in [0.15, 0.2) is 36.4 Å². The molecule has 0 aliphatic carbocycles. The molecule has 0 heterocycles. The summed E-state index contributed by atoms with van der Waals surface area (Å²) in [5.74, 6) is 0.736. The highest BCUT2D eigenvalue weighted by atomic mass is 35.5. The van der Waals surface area contributed by atoms with Crippen molar-refractivity contribution in [3.63, 3.8) is 0 Å². The van der Waals surface area contributed by atoms with Gasteiger partial charge in [-0.3, -0.25) is 4.79 Å². The van der Waals surface area contributed by atoms with E-state index in [4.69, 9.17) is 21.1 Å². The molecule has 0 unspecified atom stereocenters. The Bertz CT molecular complexity index is 768. The maximum atomic E-state index is 12.3. The van der Waals surface area contributed by atoms with Crippen LogP contribution in [0.25, 0.3) is 0 Å². The molecule has 0 spiro atoms. The van der Waals surface area contributed by atoms with Gasteiger partial charge in [-0.2, -0.15) is 0 Å². The largest absolute Gasteiger partial charge is 0.495 e. The Balaban J connectivity index is 2.01. The summed E-state index contributed by atoms with van der Waals surface area (Å²) in [7, 11) is 3.03. The van der Waals surface area contributed by atoms with Crippen molar-refractivity contribution in [2.75, 3.05) is 31.4 Å². The third kappa shape index (κ3) is 5.05. The maximum Gasteiger partial charge on any atom is 0.243 e. The number of halogens is 1. The highest BCUT2D eigenvalue weighted by molar-refractivity contribution is 6.32. The molecule has 26 heavy (non-hydrogen) atoms. The second kappa shape index (κ2) is 8.32. The molecule has 2 N–H and O–H groups in total. The van der Waals surface area contributed by atoms with Gasteiger partial charge in [-0.1, -0.05) is 44.5 Å². The van der Waals surface area contributed by atoms with Crippen LogP contribution in [0.5, 0.6) is 11.5 Å². The summed E-state index contributed by atoms with van der Waals surface area (Å²) in [6.45, 7) is 6.62. The van der Waals surface area contributed by atoms with Crippen LogP contribution in [-0.4, -0.2) is 26.7 Å². The molecule has 2 aromatic carbocycles. The van der Waals surface area contributed by atoms with Crippen LogP contribution in [0.1, 0.15) is 26.3 Å². The molecule has 0 radical (unpaired) electrons. The average Bonchev–Trinajstić information content (AvgIpc) is 2.60. The van der Waals surface area contributed by atoms with Crippen molar-refractivity contribution in [3.8, 4) is 11.5 Å². The van der Waals surface area contributed by atoms with Gasteiger partial charge in [0.25, 0.3) is 0 Å². The number of nitrogens with one attached hydrogen (secondary N) is 2. The lowest BCUT2D eigenvalue weighted by Crippen LogP contribution is -2.22. The highest BCUT2D eigenvalue weighted by Gasteiger charge is 2.14. The lowest BCUT2D eigenvalue weighted by Gasteiger charge is -2.19. The molecule has 0 saturated heterocycles. The van der Waals surface area contributed by atoms with Gasteiger partial charge in [-0.05, 0) is 23.1 Å². The fourth-order valence-electron chi connectivity index (χ4n) is 2.42. The molecule has 6 heteroatoms. The number of benzene rings is 2. The first-order valence-corrected chi connectivity index (χ1v) is 8.68. The van der Waals surface area contributed by atoms with Crippen LogP contribution in [0.3, 0.4) is 0 Å². The van der Waals surface area contributed by atoms with Gasteiger partial charge in [0.05, 0.1) is 31.5 Å². The predicted octanol–water partition coefficient (Wildman–Crippen LogP) is 4.71. The van der Waals surface area contributed by atoms with Crippen LogP contribution in [0, 0.1) is 0 Å². The van der Waals surface area contributed by atoms with E-state index in [0.717, 1.165) is 5.69 Å². The molecule has 0 aliphatic rings. The van der Waals surface area contributed by atoms with Gasteiger partial charge in [-0.25, -0.2) is 0 Å². The van der Waals surface area contributed by atoms with Crippen molar-refractivity contribution in [1.29, 1.82) is 0 Å². The topological polar surface area (TPSA) is 59.6 Å². The normalized spacial score (nSPS) is 11.0. The van der Waals surface area contributed by atoms with Crippen molar-refractivity contribution in [2.45, 2.75) is 26.2 Å². The van der Waals surface area contributed by atoms with E-state index >= 15 is 0 Å². The Morgan fingerprint density at radius 3 is 2.19 bits per heavy atom. The van der Waals surface area contributed by atoms with Crippen molar-refractivity contribution in [2.24, 2.45) is 0 Å². The Morgan fingerprint density at radius 1 is 1.04 bits per heavy atom. The van der Waals surface area contributed by atoms with Gasteiger partial charge in [0.2, 0.25) is 5.91 Å². The minimum Gasteiger partial charge on any atom is -0.495 e. The quantitative estimate of drug-likeness (QED) is 0.766. The Hall–Kier alpha value is -2.40. The second-order valence-electron chi connectivity index (χ2n) is 6.92. The van der Waals surface area contributed by atoms with Crippen molar-refractivity contribution in [3.05, 3.63) is 47.0 Å². The van der Waals surface area contributed by atoms with Gasteiger partial charge < -0.3 is 20.1 Å². The number of anilines is 2. The monoisotopic (exact) mass is 376 g/mol. The highest BCUT2D eigenvalue weighted by Crippen LogP contribution is 2.35. The minimum atomic E-state index is -0.201. The van der Waals surface area contributed by atoms with E-state index in [9.17, 15) is 4.79 Å². The summed E-state index contributed by atoms with van der Waals surface area (Å²) in [6.07, 6.45) is 0. The molecular formula is C20H25ClN2O3. The summed E-state index contributed by atoms with van der Waals surface area (Å²) in [4.78, 5) is 12.3. The van der Waals surface area contributed by atoms with E-state index in [0.29, 0.717) is 22.2 Å². The summed E-state index contributed by atoms with van der Waals surface area (Å²) >= 11 is 6.07. The van der Waals surface area contributed by atoms with E-state index in [-0.39, 0.29) is 17.9 Å². The van der Waals surface area contributed by atoms with Gasteiger partial charge >= 0.3 is 0 Å². The van der Waals surface area contributed by atoms with Crippen LogP contribution < -0.4 is 20.1 Å². The van der Waals surface area contributed by atoms with Crippen LogP contribution >= 0.6 is 11.6 Å². The summed E-state index contributed by atoms with van der Waals surface area (Å²) in [5.41, 5.74) is 2.73. The SMILES string of the molecule is COc1cc(NC(=O)CNc2ccc(C(C)(C)C)cc2)c(OC)cc1Cl. The lowest BCUT2D eigenvalue weighted by molar-refractivity contribution is -0.114. The number of methoxy groups -OCH3 is 2. The number of carbonyl (C=O) groups is 1. The summed E-state index contributed by atoms with van der Waals surface area (Å²) in [5, 5.41) is 6.33. The van der Waals surface area contributed by atoms with E-state index in [2.05, 4.69) is 43.5 Å². The Kier molecular flexibility index (Phi) is 6.37. The first kappa shape index (κ1) is 19.9. The predicted molar refractivity (Wildman–Crippen MR) is 107 cm³/mol. The molecule has 0 aromatic heterocycles. The van der Waals surface area contributed by atoms with Crippen molar-refractivity contribution < 1.29 is 14.3 Å². The molecule has 0 bridgehead atoms. The van der Waals surface area contributed by atoms with Gasteiger partial charge in [0, 0.05) is 17.8 Å². The Morgan fingerprint density at radius 2 is 1.65 bits per heavy atom. The molecule has 1 amide bonds. The van der Waals surface area contributed by atoms with E-state index in [1.165, 1.54) is 19.8 Å². The van der Waals surface area contributed by atoms with Crippen LogP contribution in [-0.2, 0) is 10.2 Å². The van der Waals surface area contributed by atoms with Crippen LogP contribution in [0.4, 0.5) is 11.4 Å². The molecule has 2 aromatic rings. The van der Waals surface area contributed by atoms with E-state index < -0.39 is 0 Å². The third-order valence-corrected chi connectivity index (χ3v) is 4.25. The first-order chi connectivity index (χ1) is 12.2. The van der Waals surface area contributed by atoms with Gasteiger partial charge in [-0.15, -0.1) is 0 Å². The smallest absolute Gasteiger partial charge is 0.243 e. The number of carbonyl (C=O) groups excluding carboxylic acids is 1. The van der Waals surface area contributed by atoms with E-state index in [1.54, 1.807) is 12.1 Å². The fraction of sp³-hybridized carbons (Fsp3) is 0.350. The first-order valence-electron chi connectivity index (χ1n) is 8.30. The van der Waals surface area contributed by atoms with Crippen LogP contribution in [0.2, 0.25) is 5.02 Å². The fourth-order valence-corrected chi connectivity index (χ4v) is 2.65. The molecule has 0 aliphatic heterocycles. The van der Waals surface area contributed by atoms with Crippen molar-refractivity contribution in [1.82, 2.24) is 0 Å². The second-order valence-corrected chi connectivity index (χ2v) is 7.32. The maximum absolute atomic E-state index is 12.3. The molecule has 0 fully saturated rings. The molecule has 0 atom stereocenters. The molecule has 5 nitrogen and oxygen atoms in total. The summed E-state index contributed by atoms with van der Waals surface area (Å²) in [6, 6.07) is 11.3. The number of amides is 1.